The van der Waals surface area contributed by atoms with Crippen molar-refractivity contribution in [2.45, 2.75) is 6.92 Å². The van der Waals surface area contributed by atoms with Crippen molar-refractivity contribution in [1.82, 2.24) is 0 Å². The summed E-state index contributed by atoms with van der Waals surface area (Å²) in [7, 11) is 1.42. The van der Waals surface area contributed by atoms with Crippen molar-refractivity contribution in [3.63, 3.8) is 0 Å². The zero-order chi connectivity index (χ0) is 19.8. The second-order valence-electron chi connectivity index (χ2n) is 6.16. The highest BCUT2D eigenvalue weighted by Crippen LogP contribution is 2.19. The van der Waals surface area contributed by atoms with E-state index in [2.05, 4.69) is 15.7 Å². The third kappa shape index (κ3) is 4.92. The Morgan fingerprint density at radius 1 is 0.893 bits per heavy atom. The van der Waals surface area contributed by atoms with Crippen LogP contribution in [-0.4, -0.2) is 24.8 Å². The zero-order valence-corrected chi connectivity index (χ0v) is 15.8. The summed E-state index contributed by atoms with van der Waals surface area (Å²) >= 11 is 0. The third-order valence-electron chi connectivity index (χ3n) is 4.12. The lowest BCUT2D eigenvalue weighted by molar-refractivity contribution is 0.106. The second kappa shape index (κ2) is 9.28. The van der Waals surface area contributed by atoms with Crippen molar-refractivity contribution in [3.05, 3.63) is 90.0 Å². The molecular weight excluding hydrogens is 350 g/mol. The van der Waals surface area contributed by atoms with Gasteiger partial charge in [0.15, 0.2) is 5.71 Å². The Labute approximate surface area is 164 Å². The van der Waals surface area contributed by atoms with E-state index in [1.165, 1.54) is 13.3 Å². The summed E-state index contributed by atoms with van der Waals surface area (Å²) in [6.07, 6.45) is 1.30. The number of aryl methyl sites for hydroxylation is 1. The lowest BCUT2D eigenvalue weighted by Crippen LogP contribution is -2.18. The predicted molar refractivity (Wildman–Crippen MR) is 114 cm³/mol. The Balaban J connectivity index is 1.81. The van der Waals surface area contributed by atoms with Gasteiger partial charge in [-0.1, -0.05) is 77.4 Å². The number of nitrogens with zero attached hydrogens (tertiary/aromatic N) is 2. The molecule has 0 aliphatic rings. The van der Waals surface area contributed by atoms with E-state index in [1.807, 2.05) is 73.7 Å². The molecule has 1 N–H and O–H groups in total. The molecule has 28 heavy (non-hydrogen) atoms. The summed E-state index contributed by atoms with van der Waals surface area (Å²) < 4.78 is 0. The molecule has 3 aromatic carbocycles. The first-order valence-electron chi connectivity index (χ1n) is 8.84. The maximum absolute atomic E-state index is 12.9. The van der Waals surface area contributed by atoms with Gasteiger partial charge in [-0.05, 0) is 30.2 Å². The highest BCUT2D eigenvalue weighted by atomic mass is 16.6. The van der Waals surface area contributed by atoms with E-state index in [-0.39, 0.29) is 11.5 Å². The van der Waals surface area contributed by atoms with Crippen LogP contribution < -0.4 is 5.43 Å². The molecule has 3 aromatic rings. The molecule has 0 bridgehead atoms. The van der Waals surface area contributed by atoms with E-state index in [1.54, 1.807) is 12.1 Å². The molecule has 0 heterocycles. The average Bonchev–Trinajstić information content (AvgIpc) is 2.75. The van der Waals surface area contributed by atoms with Crippen LogP contribution in [0.3, 0.4) is 0 Å². The van der Waals surface area contributed by atoms with Gasteiger partial charge in [0, 0.05) is 5.56 Å². The fourth-order valence-electron chi connectivity index (χ4n) is 2.59. The van der Waals surface area contributed by atoms with Crippen molar-refractivity contribution < 1.29 is 9.63 Å². The molecule has 0 aromatic heterocycles. The van der Waals surface area contributed by atoms with Gasteiger partial charge in [-0.2, -0.15) is 5.10 Å². The van der Waals surface area contributed by atoms with E-state index in [0.29, 0.717) is 5.56 Å². The van der Waals surface area contributed by atoms with Crippen LogP contribution >= 0.6 is 0 Å². The molecule has 0 aliphatic carbocycles. The summed E-state index contributed by atoms with van der Waals surface area (Å²) in [5.74, 6) is -0.250. The Morgan fingerprint density at radius 3 is 2.18 bits per heavy atom. The Hall–Kier alpha value is -3.73. The number of benzene rings is 3. The fourth-order valence-corrected chi connectivity index (χ4v) is 2.59. The maximum atomic E-state index is 12.9. The van der Waals surface area contributed by atoms with Gasteiger partial charge in [0.05, 0.1) is 11.9 Å². The number of nitrogens with one attached hydrogen (secondary N) is 1. The van der Waals surface area contributed by atoms with Crippen LogP contribution in [0.15, 0.2) is 89.1 Å². The zero-order valence-electron chi connectivity index (χ0n) is 15.8. The van der Waals surface area contributed by atoms with Gasteiger partial charge in [0.2, 0.25) is 5.78 Å². The van der Waals surface area contributed by atoms with Crippen LogP contribution in [0.2, 0.25) is 0 Å². The molecule has 0 atom stereocenters. The molecule has 3 rings (SSSR count). The Morgan fingerprint density at radius 2 is 1.54 bits per heavy atom. The monoisotopic (exact) mass is 371 g/mol. The van der Waals surface area contributed by atoms with Gasteiger partial charge in [0.25, 0.3) is 0 Å². The molecule has 0 radical (unpaired) electrons. The molecule has 0 spiro atoms. The number of carbonyl (C=O) groups excluding carboxylic acids is 1. The lowest BCUT2D eigenvalue weighted by atomic mass is 10.0. The first-order chi connectivity index (χ1) is 13.7. The minimum absolute atomic E-state index is 0.148. The molecular formula is C23H21N3O2. The molecule has 0 aliphatic heterocycles. The quantitative estimate of drug-likeness (QED) is 0.363. The SMILES string of the molecule is CO/N=C\C(=N/Nc1ccc(C)cc1)C(=O)c1ccc(-c2ccccc2)cc1. The van der Waals surface area contributed by atoms with Gasteiger partial charge < -0.3 is 4.84 Å². The van der Waals surface area contributed by atoms with Gasteiger partial charge in [-0.15, -0.1) is 0 Å². The van der Waals surface area contributed by atoms with Crippen molar-refractivity contribution in [3.8, 4) is 11.1 Å². The van der Waals surface area contributed by atoms with Gasteiger partial charge in [0.1, 0.15) is 7.11 Å². The molecule has 0 unspecified atom stereocenters. The lowest BCUT2D eigenvalue weighted by Gasteiger charge is -2.06. The van der Waals surface area contributed by atoms with Crippen LogP contribution in [0, 0.1) is 6.92 Å². The highest BCUT2D eigenvalue weighted by Gasteiger charge is 2.13. The van der Waals surface area contributed by atoms with Crippen molar-refractivity contribution >= 4 is 23.4 Å². The summed E-state index contributed by atoms with van der Waals surface area (Å²) in [6.45, 7) is 2.01. The van der Waals surface area contributed by atoms with E-state index in [9.17, 15) is 4.79 Å². The largest absolute Gasteiger partial charge is 0.399 e. The Bertz CT molecular complexity index is 977. The molecule has 140 valence electrons. The van der Waals surface area contributed by atoms with E-state index in [4.69, 9.17) is 4.84 Å². The van der Waals surface area contributed by atoms with Crippen molar-refractivity contribution in [2.24, 2.45) is 10.3 Å². The molecule has 0 amide bonds. The standard InChI is InChI=1S/C23H21N3O2/c1-17-8-14-21(15-9-17)25-26-22(16-24-28-2)23(27)20-12-10-19(11-13-20)18-6-4-3-5-7-18/h3-16,25H,1-2H3/b24-16-,26-22+. The van der Waals surface area contributed by atoms with E-state index >= 15 is 0 Å². The van der Waals surface area contributed by atoms with Crippen LogP contribution in [0.5, 0.6) is 0 Å². The molecule has 0 saturated carbocycles. The number of hydrazone groups is 1. The molecule has 5 heteroatoms. The smallest absolute Gasteiger partial charge is 0.214 e. The molecule has 0 saturated heterocycles. The van der Waals surface area contributed by atoms with Gasteiger partial charge in [-0.25, -0.2) is 0 Å². The minimum Gasteiger partial charge on any atom is -0.399 e. The van der Waals surface area contributed by atoms with Gasteiger partial charge in [-0.3, -0.25) is 10.2 Å². The molecule has 0 fully saturated rings. The van der Waals surface area contributed by atoms with E-state index < -0.39 is 0 Å². The molecule has 5 nitrogen and oxygen atoms in total. The van der Waals surface area contributed by atoms with Crippen LogP contribution in [-0.2, 0) is 4.84 Å². The minimum atomic E-state index is -0.250. The number of hydrogen-bond donors (Lipinski definition) is 1. The number of oxime groups is 1. The number of anilines is 1. The summed E-state index contributed by atoms with van der Waals surface area (Å²) in [4.78, 5) is 17.6. The average molecular weight is 371 g/mol. The van der Waals surface area contributed by atoms with Crippen LogP contribution in [0.1, 0.15) is 15.9 Å². The summed E-state index contributed by atoms with van der Waals surface area (Å²) in [5.41, 5.74) is 7.62. The maximum Gasteiger partial charge on any atom is 0.214 e. The fraction of sp³-hybridized carbons (Fsp3) is 0.0870. The normalized spacial score (nSPS) is 11.4. The first kappa shape index (κ1) is 19.0. The van der Waals surface area contributed by atoms with Crippen molar-refractivity contribution in [1.29, 1.82) is 0 Å². The number of carbonyl (C=O) groups is 1. The summed E-state index contributed by atoms with van der Waals surface area (Å²) in [6, 6.07) is 25.1. The highest BCUT2D eigenvalue weighted by molar-refractivity contribution is 6.64. The second-order valence-corrected chi connectivity index (χ2v) is 6.16. The number of ketones is 1. The van der Waals surface area contributed by atoms with Gasteiger partial charge >= 0.3 is 0 Å². The number of hydrogen-bond acceptors (Lipinski definition) is 5. The van der Waals surface area contributed by atoms with Crippen LogP contribution in [0.25, 0.3) is 11.1 Å². The first-order valence-corrected chi connectivity index (χ1v) is 8.84. The number of Topliss-reactive ketones (excluding diaryl/α,β-unsaturated/α-hetero) is 1. The summed E-state index contributed by atoms with van der Waals surface area (Å²) in [5, 5.41) is 7.90. The predicted octanol–water partition coefficient (Wildman–Crippen LogP) is 4.95. The Kier molecular flexibility index (Phi) is 6.31. The number of rotatable bonds is 7. The van der Waals surface area contributed by atoms with Crippen molar-refractivity contribution in [2.75, 3.05) is 12.5 Å². The topological polar surface area (TPSA) is 63.1 Å². The third-order valence-corrected chi connectivity index (χ3v) is 4.12. The van der Waals surface area contributed by atoms with Crippen LogP contribution in [0.4, 0.5) is 5.69 Å². The van der Waals surface area contributed by atoms with E-state index in [0.717, 1.165) is 22.4 Å².